The minimum Gasteiger partial charge on any atom is -0.451 e. The number of carbonyl (C=O) groups excluding carboxylic acids is 2. The Kier molecular flexibility index (Phi) is 5.81. The number of halogens is 1. The smallest absolute Gasteiger partial charge is 0.338 e. The van der Waals surface area contributed by atoms with Crippen LogP contribution in [-0.4, -0.2) is 29.4 Å². The zero-order chi connectivity index (χ0) is 17.8. The topological polar surface area (TPSA) is 43.4 Å². The van der Waals surface area contributed by atoms with E-state index in [1.165, 1.54) is 36.8 Å². The van der Waals surface area contributed by atoms with E-state index in [2.05, 4.69) is 0 Å². The lowest BCUT2D eigenvalue weighted by atomic mass is 10.1. The SMILES string of the molecule is C[C@@H](OC(=O)c1ccc(C2SCCS2)cc1)C(=O)c1ccc(F)cc1. The maximum Gasteiger partial charge on any atom is 0.338 e. The fourth-order valence-electron chi connectivity index (χ4n) is 2.46. The maximum absolute atomic E-state index is 12.9. The summed E-state index contributed by atoms with van der Waals surface area (Å²) in [6.45, 7) is 1.52. The predicted molar refractivity (Wildman–Crippen MR) is 99.7 cm³/mol. The summed E-state index contributed by atoms with van der Waals surface area (Å²) < 4.78 is 18.6. The van der Waals surface area contributed by atoms with Crippen LogP contribution in [0.2, 0.25) is 0 Å². The first-order valence-corrected chi connectivity index (χ1v) is 9.98. The highest BCUT2D eigenvalue weighted by atomic mass is 32.2. The number of ketones is 1. The molecular weight excluding hydrogens is 359 g/mol. The van der Waals surface area contributed by atoms with Gasteiger partial charge < -0.3 is 4.74 Å². The van der Waals surface area contributed by atoms with Crippen LogP contribution in [0.4, 0.5) is 4.39 Å². The molecule has 2 aromatic rings. The molecule has 1 fully saturated rings. The minimum absolute atomic E-state index is 0.312. The first kappa shape index (κ1) is 18.0. The van der Waals surface area contributed by atoms with Gasteiger partial charge in [0.05, 0.1) is 10.1 Å². The summed E-state index contributed by atoms with van der Waals surface area (Å²) in [5, 5.41) is 0. The van der Waals surface area contributed by atoms with Gasteiger partial charge in [0, 0.05) is 17.1 Å². The summed E-state index contributed by atoms with van der Waals surface area (Å²) in [6.07, 6.45) is -0.932. The highest BCUT2D eigenvalue weighted by Crippen LogP contribution is 2.45. The van der Waals surface area contributed by atoms with Crippen LogP contribution in [0, 0.1) is 5.82 Å². The van der Waals surface area contributed by atoms with Gasteiger partial charge in [0.25, 0.3) is 0 Å². The van der Waals surface area contributed by atoms with Crippen LogP contribution in [-0.2, 0) is 4.74 Å². The van der Waals surface area contributed by atoms with Gasteiger partial charge in [-0.1, -0.05) is 12.1 Å². The fraction of sp³-hybridized carbons (Fsp3) is 0.263. The number of benzene rings is 2. The van der Waals surface area contributed by atoms with E-state index in [4.69, 9.17) is 4.74 Å². The van der Waals surface area contributed by atoms with Crippen LogP contribution in [0.1, 0.15) is 37.8 Å². The van der Waals surface area contributed by atoms with Crippen LogP contribution in [0.15, 0.2) is 48.5 Å². The summed E-state index contributed by atoms with van der Waals surface area (Å²) >= 11 is 3.80. The standard InChI is InChI=1S/C19H17FO3S2/c1-12(17(21)13-6-8-16(20)9-7-13)23-18(22)14-2-4-15(5-3-14)19-24-10-11-25-19/h2-9,12,19H,10-11H2,1H3/t12-/m1/s1. The van der Waals surface area contributed by atoms with Crippen molar-refractivity contribution in [3.05, 3.63) is 71.0 Å². The quantitative estimate of drug-likeness (QED) is 0.557. The number of rotatable bonds is 5. The van der Waals surface area contributed by atoms with Gasteiger partial charge in [-0.25, -0.2) is 9.18 Å². The Balaban J connectivity index is 1.62. The molecule has 0 N–H and O–H groups in total. The monoisotopic (exact) mass is 376 g/mol. The van der Waals surface area contributed by atoms with E-state index in [-0.39, 0.29) is 5.78 Å². The van der Waals surface area contributed by atoms with Gasteiger partial charge in [0.15, 0.2) is 6.10 Å². The number of esters is 1. The van der Waals surface area contributed by atoms with Crippen molar-refractivity contribution in [3.63, 3.8) is 0 Å². The zero-order valence-electron chi connectivity index (χ0n) is 13.6. The van der Waals surface area contributed by atoms with Gasteiger partial charge >= 0.3 is 5.97 Å². The van der Waals surface area contributed by atoms with E-state index in [0.717, 1.165) is 11.5 Å². The molecule has 0 aromatic heterocycles. The lowest BCUT2D eigenvalue weighted by Gasteiger charge is -2.13. The highest BCUT2D eigenvalue weighted by molar-refractivity contribution is 8.19. The number of hydrogen-bond acceptors (Lipinski definition) is 5. The molecule has 6 heteroatoms. The van der Waals surface area contributed by atoms with Gasteiger partial charge in [0.2, 0.25) is 5.78 Å². The molecule has 2 aromatic carbocycles. The first-order valence-electron chi connectivity index (χ1n) is 7.88. The molecule has 0 bridgehead atoms. The summed E-state index contributed by atoms with van der Waals surface area (Å²) in [5.74, 6) is 0.967. The van der Waals surface area contributed by atoms with E-state index in [1.807, 2.05) is 35.7 Å². The Morgan fingerprint density at radius 3 is 2.16 bits per heavy atom. The number of carbonyl (C=O) groups is 2. The number of ether oxygens (including phenoxy) is 1. The molecular formula is C19H17FO3S2. The molecule has 1 saturated heterocycles. The predicted octanol–water partition coefficient (Wildman–Crippen LogP) is 4.73. The van der Waals surface area contributed by atoms with E-state index in [0.29, 0.717) is 15.7 Å². The molecule has 0 unspecified atom stereocenters. The van der Waals surface area contributed by atoms with Crippen LogP contribution < -0.4 is 0 Å². The van der Waals surface area contributed by atoms with Gasteiger partial charge in [-0.15, -0.1) is 23.5 Å². The fourth-order valence-corrected chi connectivity index (χ4v) is 5.32. The van der Waals surface area contributed by atoms with Crippen molar-refractivity contribution in [2.24, 2.45) is 0 Å². The largest absolute Gasteiger partial charge is 0.451 e. The normalized spacial score (nSPS) is 15.8. The molecule has 130 valence electrons. The summed E-state index contributed by atoms with van der Waals surface area (Å²) in [7, 11) is 0. The molecule has 0 aliphatic carbocycles. The van der Waals surface area contributed by atoms with Gasteiger partial charge in [0.1, 0.15) is 5.82 Å². The second-order valence-corrected chi connectivity index (χ2v) is 8.34. The van der Waals surface area contributed by atoms with Gasteiger partial charge in [-0.2, -0.15) is 0 Å². The number of thioether (sulfide) groups is 2. The molecule has 1 aliphatic heterocycles. The average Bonchev–Trinajstić information content (AvgIpc) is 3.16. The highest BCUT2D eigenvalue weighted by Gasteiger charge is 2.22. The van der Waals surface area contributed by atoms with Crippen molar-refractivity contribution in [2.45, 2.75) is 17.6 Å². The second-order valence-electron chi connectivity index (χ2n) is 5.61. The van der Waals surface area contributed by atoms with E-state index >= 15 is 0 Å². The van der Waals surface area contributed by atoms with Gasteiger partial charge in [-0.3, -0.25) is 4.79 Å². The van der Waals surface area contributed by atoms with Crippen molar-refractivity contribution in [1.29, 1.82) is 0 Å². The van der Waals surface area contributed by atoms with Gasteiger partial charge in [-0.05, 0) is 48.9 Å². The van der Waals surface area contributed by atoms with Crippen molar-refractivity contribution < 1.29 is 18.7 Å². The maximum atomic E-state index is 12.9. The van der Waals surface area contributed by atoms with E-state index < -0.39 is 17.9 Å². The number of Topliss-reactive ketones (excluding diaryl/α,β-unsaturated/α-hetero) is 1. The molecule has 3 nitrogen and oxygen atoms in total. The summed E-state index contributed by atoms with van der Waals surface area (Å²) in [5.41, 5.74) is 1.90. The van der Waals surface area contributed by atoms with Crippen LogP contribution in [0.25, 0.3) is 0 Å². The summed E-state index contributed by atoms with van der Waals surface area (Å²) in [4.78, 5) is 24.5. The van der Waals surface area contributed by atoms with Crippen molar-refractivity contribution in [1.82, 2.24) is 0 Å². The zero-order valence-corrected chi connectivity index (χ0v) is 15.2. The molecule has 1 heterocycles. The lowest BCUT2D eigenvalue weighted by Crippen LogP contribution is -2.24. The van der Waals surface area contributed by atoms with Crippen molar-refractivity contribution in [2.75, 3.05) is 11.5 Å². The minimum atomic E-state index is -0.932. The van der Waals surface area contributed by atoms with E-state index in [1.54, 1.807) is 12.1 Å². The van der Waals surface area contributed by atoms with Crippen LogP contribution in [0.5, 0.6) is 0 Å². The first-order chi connectivity index (χ1) is 12.0. The van der Waals surface area contributed by atoms with Crippen LogP contribution in [0.3, 0.4) is 0 Å². The molecule has 25 heavy (non-hydrogen) atoms. The Morgan fingerprint density at radius 1 is 1.00 bits per heavy atom. The second kappa shape index (κ2) is 8.06. The molecule has 1 atom stereocenters. The third-order valence-electron chi connectivity index (χ3n) is 3.82. The van der Waals surface area contributed by atoms with E-state index in [9.17, 15) is 14.0 Å². The summed E-state index contributed by atoms with van der Waals surface area (Å²) in [6, 6.07) is 12.5. The Morgan fingerprint density at radius 2 is 1.56 bits per heavy atom. The third-order valence-corrected chi connectivity index (χ3v) is 6.93. The van der Waals surface area contributed by atoms with Crippen molar-refractivity contribution in [3.8, 4) is 0 Å². The Hall–Kier alpha value is -1.79. The van der Waals surface area contributed by atoms with Crippen molar-refractivity contribution >= 4 is 35.3 Å². The van der Waals surface area contributed by atoms with Crippen LogP contribution >= 0.6 is 23.5 Å². The Labute approximate surface area is 154 Å². The Bertz CT molecular complexity index is 753. The third kappa shape index (κ3) is 4.44. The number of hydrogen-bond donors (Lipinski definition) is 0. The average molecular weight is 376 g/mol. The molecule has 0 radical (unpaired) electrons. The molecule has 1 aliphatic rings. The molecule has 0 amide bonds. The molecule has 3 rings (SSSR count). The molecule has 0 saturated carbocycles. The lowest BCUT2D eigenvalue weighted by molar-refractivity contribution is 0.0319. The molecule has 0 spiro atoms.